The molecule has 0 spiro atoms. The Morgan fingerprint density at radius 1 is 1.28 bits per heavy atom. The van der Waals surface area contributed by atoms with Gasteiger partial charge in [-0.3, -0.25) is 0 Å². The minimum absolute atomic E-state index is 0.252. The van der Waals surface area contributed by atoms with Crippen molar-refractivity contribution in [1.29, 1.82) is 0 Å². The number of fused-ring (bicyclic) bond motifs is 3. The molecular formula is C21H20BrNO2. The molecule has 2 aromatic rings. The van der Waals surface area contributed by atoms with E-state index in [0.717, 1.165) is 16.6 Å². The predicted octanol–water partition coefficient (Wildman–Crippen LogP) is 5.45. The highest BCUT2D eigenvalue weighted by Gasteiger charge is 2.38. The van der Waals surface area contributed by atoms with Gasteiger partial charge in [-0.1, -0.05) is 40.2 Å². The lowest BCUT2D eigenvalue weighted by Gasteiger charge is -2.37. The lowest BCUT2D eigenvalue weighted by molar-refractivity contribution is 0.0526. The first-order valence-electron chi connectivity index (χ1n) is 8.67. The summed E-state index contributed by atoms with van der Waals surface area (Å²) in [5.74, 6) is 0.534. The largest absolute Gasteiger partial charge is 0.462 e. The molecule has 0 saturated carbocycles. The van der Waals surface area contributed by atoms with Gasteiger partial charge in [0.05, 0.1) is 18.2 Å². The average Bonchev–Trinajstić information content (AvgIpc) is 3.11. The Morgan fingerprint density at radius 2 is 2.16 bits per heavy atom. The summed E-state index contributed by atoms with van der Waals surface area (Å²) in [4.78, 5) is 12.1. The number of ether oxygens (including phenoxy) is 1. The van der Waals surface area contributed by atoms with Crippen molar-refractivity contribution >= 4 is 27.6 Å². The number of rotatable bonds is 3. The van der Waals surface area contributed by atoms with Crippen molar-refractivity contribution in [2.75, 3.05) is 11.9 Å². The minimum atomic E-state index is -0.252. The second kappa shape index (κ2) is 6.68. The first kappa shape index (κ1) is 16.4. The van der Waals surface area contributed by atoms with E-state index < -0.39 is 0 Å². The van der Waals surface area contributed by atoms with Gasteiger partial charge in [0, 0.05) is 16.1 Å². The van der Waals surface area contributed by atoms with Crippen LogP contribution in [0.15, 0.2) is 59.1 Å². The smallest absolute Gasteiger partial charge is 0.338 e. The average molecular weight is 398 g/mol. The Bertz CT molecular complexity index is 846. The van der Waals surface area contributed by atoms with Crippen molar-refractivity contribution in [3.63, 3.8) is 0 Å². The maximum absolute atomic E-state index is 12.1. The fraction of sp³-hybridized carbons (Fsp3) is 0.286. The van der Waals surface area contributed by atoms with E-state index in [1.807, 2.05) is 25.1 Å². The maximum atomic E-state index is 12.1. The molecule has 0 bridgehead atoms. The van der Waals surface area contributed by atoms with Crippen LogP contribution in [0.1, 0.15) is 46.8 Å². The highest BCUT2D eigenvalue weighted by Crippen LogP contribution is 2.50. The molecular weight excluding hydrogens is 378 g/mol. The van der Waals surface area contributed by atoms with Crippen LogP contribution < -0.4 is 5.32 Å². The van der Waals surface area contributed by atoms with Crippen LogP contribution in [-0.2, 0) is 4.74 Å². The number of esters is 1. The summed E-state index contributed by atoms with van der Waals surface area (Å²) in [6.07, 6.45) is 5.58. The molecule has 0 amide bonds. The first-order valence-corrected chi connectivity index (χ1v) is 9.46. The Labute approximate surface area is 156 Å². The Hall–Kier alpha value is -2.07. The van der Waals surface area contributed by atoms with Crippen LogP contribution in [0.3, 0.4) is 0 Å². The van der Waals surface area contributed by atoms with Gasteiger partial charge in [-0.2, -0.15) is 0 Å². The number of carbonyl (C=O) groups excluding carboxylic acids is 1. The fourth-order valence-corrected chi connectivity index (χ4v) is 4.38. The van der Waals surface area contributed by atoms with Gasteiger partial charge >= 0.3 is 5.97 Å². The molecule has 1 heterocycles. The van der Waals surface area contributed by atoms with E-state index in [0.29, 0.717) is 24.0 Å². The number of carbonyl (C=O) groups is 1. The SMILES string of the molecule is CCOC(=O)c1ccc2c(c1)[C@H]1C=CC[C@@H]1[C@@H](c1cccc(Br)c1)N2. The molecule has 1 aliphatic carbocycles. The lowest BCUT2D eigenvalue weighted by Crippen LogP contribution is -2.29. The summed E-state index contributed by atoms with van der Waals surface area (Å²) in [6, 6.07) is 14.6. The van der Waals surface area contributed by atoms with Crippen molar-refractivity contribution in [2.24, 2.45) is 5.92 Å². The van der Waals surface area contributed by atoms with Crippen LogP contribution in [0.2, 0.25) is 0 Å². The molecule has 0 unspecified atom stereocenters. The number of benzene rings is 2. The van der Waals surface area contributed by atoms with Crippen molar-refractivity contribution < 1.29 is 9.53 Å². The number of halogens is 1. The third-order valence-electron chi connectivity index (χ3n) is 5.08. The van der Waals surface area contributed by atoms with E-state index in [9.17, 15) is 4.79 Å². The Balaban J connectivity index is 1.72. The molecule has 25 heavy (non-hydrogen) atoms. The topological polar surface area (TPSA) is 38.3 Å². The summed E-state index contributed by atoms with van der Waals surface area (Å²) in [5, 5.41) is 3.70. The highest BCUT2D eigenvalue weighted by atomic mass is 79.9. The number of nitrogens with one attached hydrogen (secondary N) is 1. The normalized spacial score (nSPS) is 23.5. The summed E-state index contributed by atoms with van der Waals surface area (Å²) < 4.78 is 6.25. The summed E-state index contributed by atoms with van der Waals surface area (Å²) in [6.45, 7) is 2.22. The molecule has 0 radical (unpaired) electrons. The molecule has 0 saturated heterocycles. The van der Waals surface area contributed by atoms with Gasteiger partial charge in [-0.05, 0) is 60.7 Å². The molecule has 2 aliphatic rings. The second-order valence-corrected chi connectivity index (χ2v) is 7.47. The van der Waals surface area contributed by atoms with Crippen LogP contribution in [0.4, 0.5) is 5.69 Å². The van der Waals surface area contributed by atoms with E-state index in [4.69, 9.17) is 4.74 Å². The van der Waals surface area contributed by atoms with Crippen molar-refractivity contribution in [1.82, 2.24) is 0 Å². The quantitative estimate of drug-likeness (QED) is 0.552. The fourth-order valence-electron chi connectivity index (χ4n) is 3.97. The molecule has 128 valence electrons. The van der Waals surface area contributed by atoms with Gasteiger partial charge in [-0.15, -0.1) is 0 Å². The molecule has 2 aromatic carbocycles. The molecule has 0 aromatic heterocycles. The third-order valence-corrected chi connectivity index (χ3v) is 5.57. The summed E-state index contributed by atoms with van der Waals surface area (Å²) in [5.41, 5.74) is 4.21. The number of hydrogen-bond acceptors (Lipinski definition) is 3. The van der Waals surface area contributed by atoms with Crippen LogP contribution in [0, 0.1) is 5.92 Å². The highest BCUT2D eigenvalue weighted by molar-refractivity contribution is 9.10. The van der Waals surface area contributed by atoms with E-state index in [1.54, 1.807) is 0 Å². The van der Waals surface area contributed by atoms with Crippen LogP contribution in [0.5, 0.6) is 0 Å². The lowest BCUT2D eigenvalue weighted by atomic mass is 9.76. The van der Waals surface area contributed by atoms with Gasteiger partial charge in [0.1, 0.15) is 0 Å². The number of anilines is 1. The first-order chi connectivity index (χ1) is 12.2. The zero-order chi connectivity index (χ0) is 17.4. The van der Waals surface area contributed by atoms with Gasteiger partial charge in [-0.25, -0.2) is 4.79 Å². The third kappa shape index (κ3) is 2.99. The monoisotopic (exact) mass is 397 g/mol. The van der Waals surface area contributed by atoms with E-state index >= 15 is 0 Å². The van der Waals surface area contributed by atoms with Gasteiger partial charge in [0.15, 0.2) is 0 Å². The van der Waals surface area contributed by atoms with Crippen molar-refractivity contribution in [3.05, 3.63) is 75.8 Å². The Kier molecular flexibility index (Phi) is 4.38. The van der Waals surface area contributed by atoms with E-state index in [-0.39, 0.29) is 12.0 Å². The predicted molar refractivity (Wildman–Crippen MR) is 103 cm³/mol. The van der Waals surface area contributed by atoms with E-state index in [1.165, 1.54) is 11.1 Å². The standard InChI is InChI=1S/C21H20BrNO2/c1-2-25-21(24)14-9-10-19-18(12-14)16-7-4-8-17(16)20(23-19)13-5-3-6-15(22)11-13/h3-7,9-12,16-17,20,23H,2,8H2,1H3/t16-,17-,20+/m0/s1. The zero-order valence-electron chi connectivity index (χ0n) is 14.0. The number of allylic oxidation sites excluding steroid dienone is 2. The van der Waals surface area contributed by atoms with Gasteiger partial charge in [0.25, 0.3) is 0 Å². The number of hydrogen-bond donors (Lipinski definition) is 1. The van der Waals surface area contributed by atoms with Crippen LogP contribution >= 0.6 is 15.9 Å². The molecule has 3 atom stereocenters. The van der Waals surface area contributed by atoms with Crippen molar-refractivity contribution in [3.8, 4) is 0 Å². The van der Waals surface area contributed by atoms with Gasteiger partial charge < -0.3 is 10.1 Å². The molecule has 1 N–H and O–H groups in total. The summed E-state index contributed by atoms with van der Waals surface area (Å²) in [7, 11) is 0. The Morgan fingerprint density at radius 3 is 2.96 bits per heavy atom. The zero-order valence-corrected chi connectivity index (χ0v) is 15.6. The molecule has 4 rings (SSSR count). The molecule has 4 heteroatoms. The molecule has 3 nitrogen and oxygen atoms in total. The van der Waals surface area contributed by atoms with Gasteiger partial charge in [0.2, 0.25) is 0 Å². The van der Waals surface area contributed by atoms with E-state index in [2.05, 4.69) is 57.7 Å². The minimum Gasteiger partial charge on any atom is -0.462 e. The maximum Gasteiger partial charge on any atom is 0.338 e. The molecule has 1 aliphatic heterocycles. The second-order valence-electron chi connectivity index (χ2n) is 6.55. The van der Waals surface area contributed by atoms with Crippen LogP contribution in [0.25, 0.3) is 0 Å². The van der Waals surface area contributed by atoms with Crippen LogP contribution in [-0.4, -0.2) is 12.6 Å². The van der Waals surface area contributed by atoms with Crippen molar-refractivity contribution in [2.45, 2.75) is 25.3 Å². The molecule has 0 fully saturated rings. The summed E-state index contributed by atoms with van der Waals surface area (Å²) >= 11 is 3.58.